The molecule has 5 rings (SSSR count). The maximum absolute atomic E-state index is 7.91. The van der Waals surface area contributed by atoms with Gasteiger partial charge < -0.3 is 4.90 Å². The van der Waals surface area contributed by atoms with Gasteiger partial charge in [0.05, 0.1) is 2.74 Å². The van der Waals surface area contributed by atoms with E-state index in [0.717, 1.165) is 39.3 Å². The molecule has 0 aliphatic heterocycles. The summed E-state index contributed by atoms with van der Waals surface area (Å²) in [5, 5.41) is 0. The number of nitrogens with zero attached hydrogens (tertiary/aromatic N) is 1. The predicted octanol–water partition coefficient (Wildman–Crippen LogP) is 8.80. The van der Waals surface area contributed by atoms with E-state index >= 15 is 0 Å². The summed E-state index contributed by atoms with van der Waals surface area (Å²) in [4.78, 5) is 2.25. The van der Waals surface area contributed by atoms with E-state index in [0.29, 0.717) is 12.1 Å². The topological polar surface area (TPSA) is 3.24 Å². The molecule has 154 valence electrons. The maximum Gasteiger partial charge on any atom is 0.0623 e. The first-order chi connectivity index (χ1) is 16.6. The van der Waals surface area contributed by atoms with Gasteiger partial charge in [-0.25, -0.2) is 0 Å². The molecule has 0 aromatic heterocycles. The number of benzene rings is 5. The maximum atomic E-state index is 7.91. The van der Waals surface area contributed by atoms with Gasteiger partial charge in [-0.1, -0.05) is 103 Å². The molecule has 5 aromatic carbocycles. The lowest BCUT2D eigenvalue weighted by atomic mass is 10.0. The average Bonchev–Trinajstić information content (AvgIpc) is 2.87. The molecule has 1 heteroatoms. The standard InChI is InChI=1S/C31H25N/c1-24-12-18-29(19-13-24)32(30-20-14-27(15-21-30)25-8-4-2-5-9-25)31-22-16-28(17-23-31)26-10-6-3-7-11-26/h2-23H,1H3/i2T,6T. The van der Waals surface area contributed by atoms with Crippen molar-refractivity contribution in [3.8, 4) is 22.3 Å². The molecular formula is C31H25N. The molecule has 0 N–H and O–H groups in total. The average molecular weight is 416 g/mol. The molecule has 0 saturated heterocycles. The lowest BCUT2D eigenvalue weighted by molar-refractivity contribution is 1.27. The molecule has 0 bridgehead atoms. The molecule has 32 heavy (non-hydrogen) atoms. The number of hydrogen-bond acceptors (Lipinski definition) is 1. The van der Waals surface area contributed by atoms with Crippen molar-refractivity contribution in [3.63, 3.8) is 0 Å². The van der Waals surface area contributed by atoms with E-state index in [2.05, 4.69) is 84.6 Å². The normalized spacial score (nSPS) is 11.5. The third-order valence-electron chi connectivity index (χ3n) is 5.64. The number of anilines is 3. The van der Waals surface area contributed by atoms with Crippen molar-refractivity contribution >= 4 is 17.1 Å². The molecule has 0 amide bonds. The highest BCUT2D eigenvalue weighted by Crippen LogP contribution is 2.36. The molecule has 1 nitrogen and oxygen atoms in total. The Bertz CT molecular complexity index is 1390. The second kappa shape index (κ2) is 8.95. The van der Waals surface area contributed by atoms with E-state index in [1.807, 2.05) is 42.5 Å². The van der Waals surface area contributed by atoms with Crippen LogP contribution in [0.3, 0.4) is 0 Å². The van der Waals surface area contributed by atoms with Crippen molar-refractivity contribution in [2.75, 3.05) is 4.90 Å². The van der Waals surface area contributed by atoms with Gasteiger partial charge in [0, 0.05) is 17.1 Å². The van der Waals surface area contributed by atoms with Crippen LogP contribution in [0.2, 0.25) is 0 Å². The smallest absolute Gasteiger partial charge is 0.0623 e. The van der Waals surface area contributed by atoms with E-state index in [1.54, 1.807) is 6.07 Å². The van der Waals surface area contributed by atoms with Crippen LogP contribution in [0.4, 0.5) is 17.1 Å². The van der Waals surface area contributed by atoms with Crippen molar-refractivity contribution in [2.45, 2.75) is 6.92 Å². The predicted molar refractivity (Wildman–Crippen MR) is 137 cm³/mol. The molecule has 0 atom stereocenters. The third kappa shape index (κ3) is 4.19. The summed E-state index contributed by atoms with van der Waals surface area (Å²) < 4.78 is 15.6. The summed E-state index contributed by atoms with van der Waals surface area (Å²) in [5.74, 6) is 0. The fourth-order valence-electron chi connectivity index (χ4n) is 3.90. The van der Waals surface area contributed by atoms with E-state index in [-0.39, 0.29) is 0 Å². The minimum Gasteiger partial charge on any atom is -0.311 e. The van der Waals surface area contributed by atoms with Gasteiger partial charge in [-0.2, -0.15) is 0 Å². The zero-order valence-electron chi connectivity index (χ0n) is 20.0. The Kier molecular flexibility index (Phi) is 4.91. The highest BCUT2D eigenvalue weighted by atomic mass is 15.1. The summed E-state index contributed by atoms with van der Waals surface area (Å²) in [6, 6.07) is 41.9. The minimum atomic E-state index is 0.514. The lowest BCUT2D eigenvalue weighted by Gasteiger charge is -2.26. The van der Waals surface area contributed by atoms with Crippen LogP contribution in [0.15, 0.2) is 133 Å². The summed E-state index contributed by atoms with van der Waals surface area (Å²) >= 11 is 0. The van der Waals surface area contributed by atoms with Gasteiger partial charge in [0.15, 0.2) is 0 Å². The number of aryl methyl sites for hydroxylation is 1. The van der Waals surface area contributed by atoms with Gasteiger partial charge in [0.25, 0.3) is 0 Å². The molecule has 0 unspecified atom stereocenters. The van der Waals surface area contributed by atoms with Gasteiger partial charge in [-0.05, 0) is 65.6 Å². The molecule has 0 heterocycles. The first-order valence-electron chi connectivity index (χ1n) is 11.8. The van der Waals surface area contributed by atoms with Gasteiger partial charge in [-0.3, -0.25) is 0 Å². The quantitative estimate of drug-likeness (QED) is 0.277. The Morgan fingerprint density at radius 1 is 0.438 bits per heavy atom. The van der Waals surface area contributed by atoms with E-state index in [9.17, 15) is 0 Å². The van der Waals surface area contributed by atoms with E-state index < -0.39 is 0 Å². The van der Waals surface area contributed by atoms with Crippen LogP contribution in [0, 0.1) is 6.92 Å². The SMILES string of the molecule is [3H]c1ccc(-c2ccc(N(c3ccc(C)cc3)c3ccc(-c4cccc([3H])c4)cc3)cc2)cc1. The molecule has 0 aliphatic carbocycles. The molecule has 0 radical (unpaired) electrons. The van der Waals surface area contributed by atoms with Gasteiger partial charge in [-0.15, -0.1) is 0 Å². The van der Waals surface area contributed by atoms with Gasteiger partial charge in [0.1, 0.15) is 0 Å². The van der Waals surface area contributed by atoms with E-state index in [4.69, 9.17) is 2.74 Å². The monoisotopic (exact) mass is 415 g/mol. The highest BCUT2D eigenvalue weighted by molar-refractivity contribution is 5.79. The van der Waals surface area contributed by atoms with Gasteiger partial charge in [0.2, 0.25) is 0 Å². The molecule has 0 spiro atoms. The van der Waals surface area contributed by atoms with Crippen LogP contribution in [0.5, 0.6) is 0 Å². The van der Waals surface area contributed by atoms with Crippen molar-refractivity contribution in [1.29, 1.82) is 0 Å². The molecular weight excluding hydrogens is 386 g/mol. The molecule has 0 saturated carbocycles. The summed E-state index contributed by atoms with van der Waals surface area (Å²) in [6.45, 7) is 2.10. The summed E-state index contributed by atoms with van der Waals surface area (Å²) in [5.41, 5.74) is 8.83. The Morgan fingerprint density at radius 2 is 0.875 bits per heavy atom. The van der Waals surface area contributed by atoms with Crippen LogP contribution in [0.25, 0.3) is 22.3 Å². The number of hydrogen-bond donors (Lipinski definition) is 0. The fourth-order valence-corrected chi connectivity index (χ4v) is 3.90. The first kappa shape index (κ1) is 17.6. The number of rotatable bonds is 5. The zero-order chi connectivity index (χ0) is 23.5. The second-order valence-corrected chi connectivity index (χ2v) is 7.85. The Labute approximate surface area is 193 Å². The van der Waals surface area contributed by atoms with Crippen molar-refractivity contribution < 1.29 is 2.74 Å². The fraction of sp³-hybridized carbons (Fsp3) is 0.0323. The van der Waals surface area contributed by atoms with Crippen LogP contribution in [0.1, 0.15) is 8.30 Å². The Hall–Kier alpha value is -4.10. The first-order valence-corrected chi connectivity index (χ1v) is 10.8. The third-order valence-corrected chi connectivity index (χ3v) is 5.64. The molecule has 0 aliphatic rings. The molecule has 5 aromatic rings. The Morgan fingerprint density at radius 3 is 1.41 bits per heavy atom. The second-order valence-electron chi connectivity index (χ2n) is 7.85. The Balaban J connectivity index is 1.52. The lowest BCUT2D eigenvalue weighted by Crippen LogP contribution is -2.09. The minimum absolute atomic E-state index is 0.514. The van der Waals surface area contributed by atoms with Crippen LogP contribution >= 0.6 is 0 Å². The van der Waals surface area contributed by atoms with Gasteiger partial charge >= 0.3 is 0 Å². The van der Waals surface area contributed by atoms with E-state index in [1.165, 1.54) is 5.56 Å². The van der Waals surface area contributed by atoms with Crippen molar-refractivity contribution in [1.82, 2.24) is 0 Å². The molecule has 0 fully saturated rings. The van der Waals surface area contributed by atoms with Crippen LogP contribution < -0.4 is 4.90 Å². The largest absolute Gasteiger partial charge is 0.311 e. The van der Waals surface area contributed by atoms with Crippen LogP contribution in [-0.2, 0) is 0 Å². The van der Waals surface area contributed by atoms with Crippen molar-refractivity contribution in [2.24, 2.45) is 0 Å². The summed E-state index contributed by atoms with van der Waals surface area (Å²) in [6.07, 6.45) is 0. The van der Waals surface area contributed by atoms with Crippen LogP contribution in [-0.4, -0.2) is 0 Å². The summed E-state index contributed by atoms with van der Waals surface area (Å²) in [7, 11) is 0. The zero-order valence-corrected chi connectivity index (χ0v) is 18.0. The highest BCUT2D eigenvalue weighted by Gasteiger charge is 2.13. The van der Waals surface area contributed by atoms with Crippen molar-refractivity contribution in [3.05, 3.63) is 139 Å².